The Morgan fingerprint density at radius 2 is 1.28 bits per heavy atom. The molecule has 134 valence electrons. The highest BCUT2D eigenvalue weighted by molar-refractivity contribution is 7.01. The molecular formula is C21H27F2NSi. The predicted octanol–water partition coefficient (Wildman–Crippen LogP) is 4.03. The van der Waals surface area contributed by atoms with Crippen molar-refractivity contribution in [1.29, 1.82) is 0 Å². The monoisotopic (exact) mass is 359 g/mol. The number of rotatable bonds is 6. The number of likely N-dealkylation sites (tertiary alicyclic amines) is 1. The molecule has 1 fully saturated rings. The minimum atomic E-state index is -1.99. The number of piperidine rings is 1. The molecule has 0 unspecified atom stereocenters. The molecule has 1 heterocycles. The zero-order valence-electron chi connectivity index (χ0n) is 15.0. The molecule has 0 saturated carbocycles. The summed E-state index contributed by atoms with van der Waals surface area (Å²) in [5, 5.41) is 2.44. The lowest BCUT2D eigenvalue weighted by molar-refractivity contribution is 0.229. The number of halogens is 2. The molecule has 0 bridgehead atoms. The molecule has 25 heavy (non-hydrogen) atoms. The second-order valence-electron chi connectivity index (χ2n) is 7.35. The van der Waals surface area contributed by atoms with E-state index in [1.165, 1.54) is 42.7 Å². The van der Waals surface area contributed by atoms with Gasteiger partial charge in [0.25, 0.3) is 0 Å². The molecule has 2 aromatic rings. The molecule has 1 aliphatic rings. The van der Waals surface area contributed by atoms with Crippen LogP contribution in [0.2, 0.25) is 12.6 Å². The average Bonchev–Trinajstić information content (AvgIpc) is 2.63. The van der Waals surface area contributed by atoms with Crippen LogP contribution >= 0.6 is 0 Å². The fourth-order valence-corrected chi connectivity index (χ4v) is 7.51. The topological polar surface area (TPSA) is 3.24 Å². The first kappa shape index (κ1) is 18.3. The second-order valence-corrected chi connectivity index (χ2v) is 11.7. The van der Waals surface area contributed by atoms with E-state index >= 15 is 0 Å². The van der Waals surface area contributed by atoms with Crippen molar-refractivity contribution in [2.45, 2.75) is 38.3 Å². The molecule has 0 atom stereocenters. The Morgan fingerprint density at radius 3 is 1.76 bits per heavy atom. The van der Waals surface area contributed by atoms with E-state index < -0.39 is 8.07 Å². The summed E-state index contributed by atoms with van der Waals surface area (Å²) in [5.41, 5.74) is 0. The second kappa shape index (κ2) is 8.24. The summed E-state index contributed by atoms with van der Waals surface area (Å²) in [6, 6.07) is 15.0. The molecule has 1 nitrogen and oxygen atoms in total. The van der Waals surface area contributed by atoms with Crippen molar-refractivity contribution in [2.24, 2.45) is 0 Å². The van der Waals surface area contributed by atoms with Crippen molar-refractivity contribution in [3.63, 3.8) is 0 Å². The third kappa shape index (κ3) is 4.56. The molecule has 0 N–H and O–H groups in total. The third-order valence-electron chi connectivity index (χ3n) is 5.56. The van der Waals surface area contributed by atoms with Gasteiger partial charge >= 0.3 is 0 Å². The van der Waals surface area contributed by atoms with Gasteiger partial charge in [0.1, 0.15) is 19.7 Å². The van der Waals surface area contributed by atoms with Crippen molar-refractivity contribution in [3.8, 4) is 0 Å². The Kier molecular flexibility index (Phi) is 6.02. The average molecular weight is 360 g/mol. The summed E-state index contributed by atoms with van der Waals surface area (Å²) in [6.45, 7) is 5.88. The molecule has 0 amide bonds. The summed E-state index contributed by atoms with van der Waals surface area (Å²) in [4.78, 5) is 2.56. The number of benzene rings is 2. The van der Waals surface area contributed by atoms with Gasteiger partial charge in [-0.25, -0.2) is 8.78 Å². The fraction of sp³-hybridized carbons (Fsp3) is 0.429. The Hall–Kier alpha value is -1.52. The number of nitrogens with zero attached hydrogens (tertiary/aromatic N) is 1. The highest BCUT2D eigenvalue weighted by Crippen LogP contribution is 2.17. The van der Waals surface area contributed by atoms with Gasteiger partial charge in [0.05, 0.1) is 0 Å². The molecule has 0 aliphatic carbocycles. The quantitative estimate of drug-likeness (QED) is 0.704. The smallest absolute Gasteiger partial charge is 0.123 e. The molecule has 0 spiro atoms. The van der Waals surface area contributed by atoms with Crippen LogP contribution in [0.25, 0.3) is 0 Å². The summed E-state index contributed by atoms with van der Waals surface area (Å²) in [5.74, 6) is -0.403. The van der Waals surface area contributed by atoms with Crippen LogP contribution in [0.4, 0.5) is 8.78 Å². The van der Waals surface area contributed by atoms with E-state index in [2.05, 4.69) is 11.4 Å². The van der Waals surface area contributed by atoms with Crippen LogP contribution in [-0.2, 0) is 0 Å². The summed E-state index contributed by atoms with van der Waals surface area (Å²) < 4.78 is 26.8. The fourth-order valence-electron chi connectivity index (χ4n) is 3.93. The standard InChI is InChI=1S/C21H27F2NSi/c1-25(20-10-6-18(22)7-11-20,21-12-8-19(23)9-13-21)17-5-16-24-14-3-2-4-15-24/h6-13H,2-5,14-17H2,1H3. The third-order valence-corrected chi connectivity index (χ3v) is 10.1. The van der Waals surface area contributed by atoms with E-state index in [4.69, 9.17) is 0 Å². The summed E-state index contributed by atoms with van der Waals surface area (Å²) in [6.07, 6.45) is 5.11. The first-order valence-corrected chi connectivity index (χ1v) is 12.0. The van der Waals surface area contributed by atoms with E-state index in [-0.39, 0.29) is 11.6 Å². The Bertz CT molecular complexity index is 618. The Labute approximate surface area is 150 Å². The molecule has 1 saturated heterocycles. The predicted molar refractivity (Wildman–Crippen MR) is 103 cm³/mol. The molecule has 4 heteroatoms. The van der Waals surface area contributed by atoms with Crippen LogP contribution in [0, 0.1) is 11.6 Å². The first-order valence-electron chi connectivity index (χ1n) is 9.32. The van der Waals surface area contributed by atoms with Crippen molar-refractivity contribution in [2.75, 3.05) is 19.6 Å². The lowest BCUT2D eigenvalue weighted by Crippen LogP contribution is -2.55. The number of hydrogen-bond acceptors (Lipinski definition) is 1. The molecular weight excluding hydrogens is 332 g/mol. The van der Waals surface area contributed by atoms with Gasteiger partial charge in [0.15, 0.2) is 0 Å². The normalized spacial score (nSPS) is 16.1. The van der Waals surface area contributed by atoms with E-state index in [1.54, 1.807) is 24.3 Å². The van der Waals surface area contributed by atoms with Crippen molar-refractivity contribution < 1.29 is 8.78 Å². The lowest BCUT2D eigenvalue weighted by atomic mass is 10.1. The maximum atomic E-state index is 13.4. The maximum absolute atomic E-state index is 13.4. The minimum absolute atomic E-state index is 0.201. The van der Waals surface area contributed by atoms with E-state index in [9.17, 15) is 8.78 Å². The zero-order chi connectivity index (χ0) is 17.7. The molecule has 2 aromatic carbocycles. The molecule has 1 aliphatic heterocycles. The van der Waals surface area contributed by atoms with E-state index in [1.807, 2.05) is 24.3 Å². The van der Waals surface area contributed by atoms with Crippen molar-refractivity contribution >= 4 is 18.4 Å². The Morgan fingerprint density at radius 1 is 0.800 bits per heavy atom. The van der Waals surface area contributed by atoms with E-state index in [0.717, 1.165) is 19.0 Å². The van der Waals surface area contributed by atoms with Gasteiger partial charge in [-0.15, -0.1) is 0 Å². The van der Waals surface area contributed by atoms with Gasteiger partial charge in [0.2, 0.25) is 0 Å². The van der Waals surface area contributed by atoms with E-state index in [0.29, 0.717) is 0 Å². The summed E-state index contributed by atoms with van der Waals surface area (Å²) in [7, 11) is -1.99. The van der Waals surface area contributed by atoms with Gasteiger partial charge in [-0.3, -0.25) is 0 Å². The van der Waals surface area contributed by atoms with Gasteiger partial charge in [0, 0.05) is 0 Å². The number of hydrogen-bond donors (Lipinski definition) is 0. The van der Waals surface area contributed by atoms with Crippen molar-refractivity contribution in [3.05, 3.63) is 60.2 Å². The highest BCUT2D eigenvalue weighted by Gasteiger charge is 2.31. The summed E-state index contributed by atoms with van der Waals surface area (Å²) >= 11 is 0. The van der Waals surface area contributed by atoms with Crippen LogP contribution in [0.1, 0.15) is 25.7 Å². The molecule has 3 rings (SSSR count). The largest absolute Gasteiger partial charge is 0.303 e. The first-order chi connectivity index (χ1) is 12.1. The van der Waals surface area contributed by atoms with Gasteiger partial charge in [-0.05, 0) is 69.2 Å². The Balaban J connectivity index is 1.78. The minimum Gasteiger partial charge on any atom is -0.303 e. The van der Waals surface area contributed by atoms with Crippen LogP contribution in [0.3, 0.4) is 0 Å². The van der Waals surface area contributed by atoms with Gasteiger partial charge in [-0.2, -0.15) is 0 Å². The zero-order valence-corrected chi connectivity index (χ0v) is 16.0. The SMILES string of the molecule is C[Si](CCCN1CCCCC1)(c1ccc(F)cc1)c1ccc(F)cc1. The van der Waals surface area contributed by atoms with Crippen LogP contribution in [-0.4, -0.2) is 32.6 Å². The van der Waals surface area contributed by atoms with Crippen LogP contribution in [0.15, 0.2) is 48.5 Å². The van der Waals surface area contributed by atoms with Crippen LogP contribution in [0.5, 0.6) is 0 Å². The molecule has 0 radical (unpaired) electrons. The van der Waals surface area contributed by atoms with Crippen LogP contribution < -0.4 is 10.4 Å². The van der Waals surface area contributed by atoms with Gasteiger partial charge < -0.3 is 4.90 Å². The lowest BCUT2D eigenvalue weighted by Gasteiger charge is -2.31. The maximum Gasteiger partial charge on any atom is 0.123 e. The highest BCUT2D eigenvalue weighted by atomic mass is 28.3. The molecule has 0 aromatic heterocycles. The van der Waals surface area contributed by atoms with Crippen molar-refractivity contribution in [1.82, 2.24) is 4.90 Å². The van der Waals surface area contributed by atoms with Gasteiger partial charge in [-0.1, -0.05) is 47.6 Å².